The maximum Gasteiger partial charge on any atom is 0.0417 e. The molecule has 0 aromatic heterocycles. The highest BCUT2D eigenvalue weighted by Gasteiger charge is 2.31. The first-order chi connectivity index (χ1) is 10.0. The minimum absolute atomic E-state index is 0.437. The van der Waals surface area contributed by atoms with E-state index in [-0.39, 0.29) is 0 Å². The second-order valence-electron chi connectivity index (χ2n) is 6.63. The molecule has 1 nitrogen and oxygen atoms in total. The van der Waals surface area contributed by atoms with Crippen LogP contribution in [0, 0.1) is 17.8 Å². The van der Waals surface area contributed by atoms with E-state index in [0.717, 1.165) is 33.8 Å². The van der Waals surface area contributed by atoms with E-state index in [1.165, 1.54) is 31.2 Å². The summed E-state index contributed by atoms with van der Waals surface area (Å²) in [6.45, 7) is 8.10. The zero-order valence-electron chi connectivity index (χ0n) is 13.3. The van der Waals surface area contributed by atoms with E-state index in [1.54, 1.807) is 0 Å². The fraction of sp³-hybridized carbons (Fsp3) is 0.667. The van der Waals surface area contributed by atoms with Gasteiger partial charge in [0.15, 0.2) is 0 Å². The molecule has 2 rings (SSSR count). The summed E-state index contributed by atoms with van der Waals surface area (Å²) in [7, 11) is 0. The van der Waals surface area contributed by atoms with E-state index >= 15 is 0 Å². The van der Waals surface area contributed by atoms with Gasteiger partial charge in [-0.15, -0.1) is 0 Å². The Morgan fingerprint density at radius 3 is 2.67 bits per heavy atom. The summed E-state index contributed by atoms with van der Waals surface area (Å²) >= 11 is 9.81. The monoisotopic (exact) mass is 371 g/mol. The summed E-state index contributed by atoms with van der Waals surface area (Å²) in [5, 5.41) is 4.57. The zero-order chi connectivity index (χ0) is 15.4. The summed E-state index contributed by atoms with van der Waals surface area (Å²) in [6, 6.07) is 6.65. The van der Waals surface area contributed by atoms with Gasteiger partial charge in [0, 0.05) is 15.5 Å². The average Bonchev–Trinajstić information content (AvgIpc) is 2.44. The molecule has 118 valence electrons. The van der Waals surface area contributed by atoms with Crippen LogP contribution in [-0.2, 0) is 0 Å². The molecule has 0 radical (unpaired) electrons. The van der Waals surface area contributed by atoms with E-state index < -0.39 is 0 Å². The number of hydrogen-bond acceptors (Lipinski definition) is 1. The fourth-order valence-corrected chi connectivity index (χ4v) is 4.41. The van der Waals surface area contributed by atoms with Gasteiger partial charge in [-0.2, -0.15) is 0 Å². The van der Waals surface area contributed by atoms with Gasteiger partial charge in [0.25, 0.3) is 0 Å². The van der Waals surface area contributed by atoms with Gasteiger partial charge < -0.3 is 5.32 Å². The molecule has 1 aromatic carbocycles. The maximum absolute atomic E-state index is 6.10. The molecule has 1 aromatic rings. The number of benzene rings is 1. The summed E-state index contributed by atoms with van der Waals surface area (Å²) in [6.07, 6.45) is 5.15. The van der Waals surface area contributed by atoms with E-state index in [0.29, 0.717) is 6.04 Å². The Morgan fingerprint density at radius 2 is 2.05 bits per heavy atom. The van der Waals surface area contributed by atoms with Gasteiger partial charge in [-0.1, -0.05) is 60.8 Å². The van der Waals surface area contributed by atoms with Crippen molar-refractivity contribution < 1.29 is 0 Å². The number of nitrogens with one attached hydrogen (secondary N) is 1. The van der Waals surface area contributed by atoms with E-state index in [1.807, 2.05) is 12.1 Å². The molecule has 1 saturated carbocycles. The summed E-state index contributed by atoms with van der Waals surface area (Å²) in [4.78, 5) is 0. The van der Waals surface area contributed by atoms with Crippen molar-refractivity contribution in [1.82, 2.24) is 5.32 Å². The van der Waals surface area contributed by atoms with Gasteiger partial charge >= 0.3 is 0 Å². The lowest BCUT2D eigenvalue weighted by molar-refractivity contribution is 0.171. The third kappa shape index (κ3) is 4.46. The van der Waals surface area contributed by atoms with Crippen LogP contribution >= 0.6 is 27.5 Å². The Morgan fingerprint density at radius 1 is 1.29 bits per heavy atom. The molecule has 0 aliphatic heterocycles. The number of hydrogen-bond donors (Lipinski definition) is 1. The Kier molecular flexibility index (Phi) is 6.58. The third-order valence-electron chi connectivity index (χ3n) is 5.02. The molecule has 21 heavy (non-hydrogen) atoms. The minimum atomic E-state index is 0.437. The molecule has 1 N–H and O–H groups in total. The van der Waals surface area contributed by atoms with Crippen molar-refractivity contribution in [2.45, 2.75) is 52.5 Å². The number of rotatable bonds is 5. The lowest BCUT2D eigenvalue weighted by Crippen LogP contribution is -2.34. The van der Waals surface area contributed by atoms with Crippen LogP contribution in [0.5, 0.6) is 0 Å². The highest BCUT2D eigenvalue weighted by molar-refractivity contribution is 9.10. The second kappa shape index (κ2) is 7.99. The topological polar surface area (TPSA) is 12.0 Å². The molecule has 1 fully saturated rings. The van der Waals surface area contributed by atoms with Gasteiger partial charge in [0.2, 0.25) is 0 Å². The Hall–Kier alpha value is -0.0500. The van der Waals surface area contributed by atoms with Gasteiger partial charge in [0.05, 0.1) is 0 Å². The van der Waals surface area contributed by atoms with E-state index in [4.69, 9.17) is 11.6 Å². The largest absolute Gasteiger partial charge is 0.310 e. The molecule has 0 saturated heterocycles. The van der Waals surface area contributed by atoms with E-state index in [9.17, 15) is 0 Å². The molecular formula is C18H27BrClN. The Balaban J connectivity index is 2.21. The van der Waals surface area contributed by atoms with Crippen molar-refractivity contribution in [1.29, 1.82) is 0 Å². The van der Waals surface area contributed by atoms with E-state index in [2.05, 4.69) is 48.1 Å². The first-order valence-corrected chi connectivity index (χ1v) is 9.38. The zero-order valence-corrected chi connectivity index (χ0v) is 15.7. The van der Waals surface area contributed by atoms with Crippen molar-refractivity contribution in [3.8, 4) is 0 Å². The SMILES string of the molecule is CCCNC(c1ccc(Cl)cc1Br)C1CCC(C)C(C)C1. The standard InChI is InChI=1S/C18H27BrClN/c1-4-9-21-18(14-6-5-12(2)13(3)10-14)16-8-7-15(20)11-17(16)19/h7-8,11-14,18,21H,4-6,9-10H2,1-3H3. The second-order valence-corrected chi connectivity index (χ2v) is 7.92. The van der Waals surface area contributed by atoms with Crippen LogP contribution in [0.4, 0.5) is 0 Å². The minimum Gasteiger partial charge on any atom is -0.310 e. The molecule has 0 amide bonds. The smallest absolute Gasteiger partial charge is 0.0417 e. The summed E-state index contributed by atoms with van der Waals surface area (Å²) in [5.41, 5.74) is 1.36. The summed E-state index contributed by atoms with van der Waals surface area (Å²) in [5.74, 6) is 2.41. The lowest BCUT2D eigenvalue weighted by Gasteiger charge is -2.37. The normalized spacial score (nSPS) is 27.6. The molecule has 3 heteroatoms. The van der Waals surface area contributed by atoms with Gasteiger partial charge in [-0.3, -0.25) is 0 Å². The lowest BCUT2D eigenvalue weighted by atomic mass is 9.72. The van der Waals surface area contributed by atoms with Gasteiger partial charge in [-0.25, -0.2) is 0 Å². The molecular weight excluding hydrogens is 346 g/mol. The molecule has 1 aliphatic rings. The predicted octanol–water partition coefficient (Wildman–Crippen LogP) is 6.22. The maximum atomic E-state index is 6.10. The van der Waals surface area contributed by atoms with Crippen LogP contribution in [-0.4, -0.2) is 6.54 Å². The molecule has 4 atom stereocenters. The first kappa shape index (κ1) is 17.3. The molecule has 0 spiro atoms. The highest BCUT2D eigenvalue weighted by Crippen LogP contribution is 2.41. The molecule has 0 bridgehead atoms. The van der Waals surface area contributed by atoms with Gasteiger partial charge in [0.1, 0.15) is 0 Å². The molecule has 1 aliphatic carbocycles. The van der Waals surface area contributed by atoms with Gasteiger partial charge in [-0.05, 0) is 61.3 Å². The predicted molar refractivity (Wildman–Crippen MR) is 95.9 cm³/mol. The highest BCUT2D eigenvalue weighted by atomic mass is 79.9. The van der Waals surface area contributed by atoms with Crippen molar-refractivity contribution in [3.63, 3.8) is 0 Å². The molecule has 0 heterocycles. The quantitative estimate of drug-likeness (QED) is 0.647. The van der Waals surface area contributed by atoms with Crippen molar-refractivity contribution >= 4 is 27.5 Å². The van der Waals surface area contributed by atoms with Crippen LogP contribution in [0.25, 0.3) is 0 Å². The third-order valence-corrected chi connectivity index (χ3v) is 5.94. The van der Waals surface area contributed by atoms with Crippen LogP contribution in [0.15, 0.2) is 22.7 Å². The van der Waals surface area contributed by atoms with Crippen molar-refractivity contribution in [3.05, 3.63) is 33.3 Å². The molecule has 4 unspecified atom stereocenters. The van der Waals surface area contributed by atoms with Crippen molar-refractivity contribution in [2.24, 2.45) is 17.8 Å². The first-order valence-electron chi connectivity index (χ1n) is 8.21. The van der Waals surface area contributed by atoms with Crippen LogP contribution in [0.3, 0.4) is 0 Å². The van der Waals surface area contributed by atoms with Crippen LogP contribution in [0.1, 0.15) is 58.1 Å². The van der Waals surface area contributed by atoms with Crippen LogP contribution < -0.4 is 5.32 Å². The summed E-state index contributed by atoms with van der Waals surface area (Å²) < 4.78 is 1.13. The van der Waals surface area contributed by atoms with Crippen molar-refractivity contribution in [2.75, 3.05) is 6.54 Å². The number of halogens is 2. The Labute approximate surface area is 143 Å². The van der Waals surface area contributed by atoms with Crippen LogP contribution in [0.2, 0.25) is 5.02 Å². The average molecular weight is 373 g/mol. The Bertz CT molecular complexity index is 463. The fourth-order valence-electron chi connectivity index (χ4n) is 3.48.